The molecular weight excluding hydrogens is 329 g/mol. The molecule has 2 aromatic rings. The fourth-order valence-corrected chi connectivity index (χ4v) is 2.19. The number of aromatic carboxylic acids is 1. The Hall–Kier alpha value is -3.09. The third-order valence-electron chi connectivity index (χ3n) is 3.52. The van der Waals surface area contributed by atoms with Gasteiger partial charge in [-0.1, -0.05) is 12.1 Å². The number of nitrogens with one attached hydrogen (secondary N) is 1. The van der Waals surface area contributed by atoms with Gasteiger partial charge in [0.05, 0.1) is 13.2 Å². The highest BCUT2D eigenvalue weighted by Gasteiger charge is 2.15. The molecule has 25 heavy (non-hydrogen) atoms. The molecule has 7 heteroatoms. The second kappa shape index (κ2) is 8.14. The Balaban J connectivity index is 1.97. The summed E-state index contributed by atoms with van der Waals surface area (Å²) in [5.74, 6) is -1.53. The first-order chi connectivity index (χ1) is 11.9. The lowest BCUT2D eigenvalue weighted by molar-refractivity contribution is -0.123. The molecule has 0 unspecified atom stereocenters. The number of hydrogen-bond donors (Lipinski definition) is 2. The summed E-state index contributed by atoms with van der Waals surface area (Å²) in [5.41, 5.74) is 0.643. The summed E-state index contributed by atoms with van der Waals surface area (Å²) in [6.07, 6.45) is 0. The van der Waals surface area contributed by atoms with Gasteiger partial charge in [-0.2, -0.15) is 0 Å². The summed E-state index contributed by atoms with van der Waals surface area (Å²) in [6, 6.07) is 9.72. The standard InChI is InChI=1S/C18H18FNO5/c1-11(12-3-5-13(19)6-4-12)20-17(21)10-25-16-8-7-14(24-2)9-15(16)18(22)23/h3-9,11H,10H2,1-2H3,(H,20,21)(H,22,23)/t11-/m1/s1. The smallest absolute Gasteiger partial charge is 0.339 e. The highest BCUT2D eigenvalue weighted by Crippen LogP contribution is 2.24. The summed E-state index contributed by atoms with van der Waals surface area (Å²) in [5, 5.41) is 11.9. The molecule has 0 fully saturated rings. The average Bonchev–Trinajstić information content (AvgIpc) is 2.60. The summed E-state index contributed by atoms with van der Waals surface area (Å²) < 4.78 is 23.2. The normalized spacial score (nSPS) is 11.5. The lowest BCUT2D eigenvalue weighted by Crippen LogP contribution is -2.31. The second-order valence-corrected chi connectivity index (χ2v) is 5.30. The maximum Gasteiger partial charge on any atom is 0.339 e. The molecule has 0 bridgehead atoms. The second-order valence-electron chi connectivity index (χ2n) is 5.30. The number of carbonyl (C=O) groups is 2. The van der Waals surface area contributed by atoms with E-state index in [2.05, 4.69) is 5.32 Å². The maximum absolute atomic E-state index is 12.9. The molecular formula is C18H18FNO5. The minimum atomic E-state index is -1.19. The van der Waals surface area contributed by atoms with Crippen molar-refractivity contribution in [1.29, 1.82) is 0 Å². The largest absolute Gasteiger partial charge is 0.497 e. The molecule has 0 aliphatic rings. The van der Waals surface area contributed by atoms with E-state index in [4.69, 9.17) is 9.47 Å². The van der Waals surface area contributed by atoms with Gasteiger partial charge in [0, 0.05) is 0 Å². The van der Waals surface area contributed by atoms with Crippen LogP contribution < -0.4 is 14.8 Å². The van der Waals surface area contributed by atoms with Crippen molar-refractivity contribution in [1.82, 2.24) is 5.32 Å². The van der Waals surface area contributed by atoms with Crippen LogP contribution in [0.1, 0.15) is 28.9 Å². The third-order valence-corrected chi connectivity index (χ3v) is 3.52. The van der Waals surface area contributed by atoms with Crippen LogP contribution in [-0.4, -0.2) is 30.7 Å². The van der Waals surface area contributed by atoms with E-state index < -0.39 is 11.9 Å². The van der Waals surface area contributed by atoms with Gasteiger partial charge < -0.3 is 19.9 Å². The summed E-state index contributed by atoms with van der Waals surface area (Å²) in [6.45, 7) is 1.40. The molecule has 2 rings (SSSR count). The quantitative estimate of drug-likeness (QED) is 0.804. The fourth-order valence-electron chi connectivity index (χ4n) is 2.19. The summed E-state index contributed by atoms with van der Waals surface area (Å²) in [4.78, 5) is 23.2. The number of ether oxygens (including phenoxy) is 2. The lowest BCUT2D eigenvalue weighted by Gasteiger charge is -2.15. The zero-order valence-electron chi connectivity index (χ0n) is 13.8. The van der Waals surface area contributed by atoms with Crippen molar-refractivity contribution in [3.63, 3.8) is 0 Å². The Morgan fingerprint density at radius 1 is 1.20 bits per heavy atom. The molecule has 1 amide bonds. The van der Waals surface area contributed by atoms with Crippen LogP contribution in [0.3, 0.4) is 0 Å². The van der Waals surface area contributed by atoms with E-state index in [1.54, 1.807) is 25.1 Å². The number of rotatable bonds is 7. The van der Waals surface area contributed by atoms with Crippen LogP contribution in [0.15, 0.2) is 42.5 Å². The Morgan fingerprint density at radius 2 is 1.88 bits per heavy atom. The SMILES string of the molecule is COc1ccc(OCC(=O)N[C@H](C)c2ccc(F)cc2)c(C(=O)O)c1. The molecule has 0 saturated carbocycles. The van der Waals surface area contributed by atoms with Gasteiger partial charge in [-0.3, -0.25) is 4.79 Å². The molecule has 2 N–H and O–H groups in total. The molecule has 0 aromatic heterocycles. The predicted molar refractivity (Wildman–Crippen MR) is 88.4 cm³/mol. The molecule has 1 atom stereocenters. The van der Waals surface area contributed by atoms with Crippen LogP contribution in [0.2, 0.25) is 0 Å². The highest BCUT2D eigenvalue weighted by molar-refractivity contribution is 5.91. The van der Waals surface area contributed by atoms with Crippen LogP contribution in [0.5, 0.6) is 11.5 Å². The van der Waals surface area contributed by atoms with Gasteiger partial charge in [-0.05, 0) is 42.8 Å². The number of amides is 1. The highest BCUT2D eigenvalue weighted by atomic mass is 19.1. The van der Waals surface area contributed by atoms with Crippen LogP contribution in [0.4, 0.5) is 4.39 Å². The van der Waals surface area contributed by atoms with E-state index in [0.29, 0.717) is 5.75 Å². The van der Waals surface area contributed by atoms with E-state index in [1.807, 2.05) is 0 Å². The molecule has 2 aromatic carbocycles. The van der Waals surface area contributed by atoms with E-state index >= 15 is 0 Å². The molecule has 6 nitrogen and oxygen atoms in total. The Bertz CT molecular complexity index is 761. The molecule has 0 heterocycles. The number of methoxy groups -OCH3 is 1. The topological polar surface area (TPSA) is 84.9 Å². The van der Waals surface area contributed by atoms with Gasteiger partial charge in [0.15, 0.2) is 6.61 Å². The van der Waals surface area contributed by atoms with Gasteiger partial charge in [0.1, 0.15) is 22.9 Å². The van der Waals surface area contributed by atoms with E-state index in [0.717, 1.165) is 5.56 Å². The number of hydrogen-bond acceptors (Lipinski definition) is 4. The van der Waals surface area contributed by atoms with E-state index in [1.165, 1.54) is 31.4 Å². The molecule has 0 spiro atoms. The summed E-state index contributed by atoms with van der Waals surface area (Å²) in [7, 11) is 1.42. The van der Waals surface area contributed by atoms with Crippen molar-refractivity contribution in [2.75, 3.05) is 13.7 Å². The predicted octanol–water partition coefficient (Wildman–Crippen LogP) is 2.79. The summed E-state index contributed by atoms with van der Waals surface area (Å²) >= 11 is 0. The first-order valence-electron chi connectivity index (χ1n) is 7.49. The van der Waals surface area contributed by atoms with Crippen LogP contribution in [-0.2, 0) is 4.79 Å². The lowest BCUT2D eigenvalue weighted by atomic mass is 10.1. The van der Waals surface area contributed by atoms with Gasteiger partial charge >= 0.3 is 5.97 Å². The minimum Gasteiger partial charge on any atom is -0.497 e. The molecule has 0 aliphatic heterocycles. The molecule has 0 aliphatic carbocycles. The minimum absolute atomic E-state index is 0.0675. The average molecular weight is 347 g/mol. The van der Waals surface area contributed by atoms with Crippen LogP contribution in [0.25, 0.3) is 0 Å². The molecule has 132 valence electrons. The monoisotopic (exact) mass is 347 g/mol. The zero-order chi connectivity index (χ0) is 18.4. The van der Waals surface area contributed by atoms with Gasteiger partial charge in [0.2, 0.25) is 0 Å². The number of benzene rings is 2. The zero-order valence-corrected chi connectivity index (χ0v) is 13.8. The van der Waals surface area contributed by atoms with Gasteiger partial charge in [-0.25, -0.2) is 9.18 Å². The fraction of sp³-hybridized carbons (Fsp3) is 0.222. The number of carbonyl (C=O) groups excluding carboxylic acids is 1. The van der Waals surface area contributed by atoms with Crippen molar-refractivity contribution >= 4 is 11.9 Å². The Kier molecular flexibility index (Phi) is 5.94. The van der Waals surface area contributed by atoms with Crippen molar-refractivity contribution in [2.45, 2.75) is 13.0 Å². The number of carboxylic acid groups (broad SMARTS) is 1. The van der Waals surface area contributed by atoms with Crippen LogP contribution in [0, 0.1) is 5.82 Å². The van der Waals surface area contributed by atoms with Gasteiger partial charge in [-0.15, -0.1) is 0 Å². The first kappa shape index (κ1) is 18.3. The van der Waals surface area contributed by atoms with Crippen molar-refractivity contribution < 1.29 is 28.6 Å². The van der Waals surface area contributed by atoms with E-state index in [9.17, 15) is 19.1 Å². The molecule has 0 saturated heterocycles. The first-order valence-corrected chi connectivity index (χ1v) is 7.49. The maximum atomic E-state index is 12.9. The third kappa shape index (κ3) is 4.94. The number of halogens is 1. The molecule has 0 radical (unpaired) electrons. The van der Waals surface area contributed by atoms with E-state index in [-0.39, 0.29) is 29.8 Å². The van der Waals surface area contributed by atoms with Crippen molar-refractivity contribution in [3.8, 4) is 11.5 Å². The van der Waals surface area contributed by atoms with Gasteiger partial charge in [0.25, 0.3) is 5.91 Å². The van der Waals surface area contributed by atoms with Crippen LogP contribution >= 0.6 is 0 Å². The van der Waals surface area contributed by atoms with Crippen molar-refractivity contribution in [2.24, 2.45) is 0 Å². The Labute approximate surface area is 144 Å². The number of carboxylic acids is 1. The van der Waals surface area contributed by atoms with Crippen molar-refractivity contribution in [3.05, 3.63) is 59.4 Å². The Morgan fingerprint density at radius 3 is 2.48 bits per heavy atom.